The van der Waals surface area contributed by atoms with Crippen LogP contribution in [0, 0.1) is 0 Å². The summed E-state index contributed by atoms with van der Waals surface area (Å²) >= 11 is 0. The second kappa shape index (κ2) is 44.1. The van der Waals surface area contributed by atoms with Crippen molar-refractivity contribution < 1.29 is 24.5 Å². The number of aliphatic hydroxyl groups excluding tert-OH is 2. The zero-order valence-electron chi connectivity index (χ0n) is 36.0. The van der Waals surface area contributed by atoms with E-state index in [0.717, 1.165) is 70.6 Å². The Morgan fingerprint density at radius 1 is 0.500 bits per heavy atom. The van der Waals surface area contributed by atoms with Crippen LogP contribution in [0.15, 0.2) is 24.3 Å². The second-order valence-corrected chi connectivity index (χ2v) is 16.1. The number of unbranched alkanes of at least 4 members (excludes halogenated alkanes) is 28. The highest BCUT2D eigenvalue weighted by Crippen LogP contribution is 2.15. The lowest BCUT2D eigenvalue weighted by Crippen LogP contribution is -2.45. The van der Waals surface area contributed by atoms with Crippen molar-refractivity contribution in [1.82, 2.24) is 5.32 Å². The molecule has 0 saturated carbocycles. The molecule has 0 aromatic carbocycles. The van der Waals surface area contributed by atoms with E-state index in [-0.39, 0.29) is 18.5 Å². The van der Waals surface area contributed by atoms with Crippen LogP contribution in [0.4, 0.5) is 0 Å². The van der Waals surface area contributed by atoms with Gasteiger partial charge in [-0.3, -0.25) is 9.59 Å². The van der Waals surface area contributed by atoms with Gasteiger partial charge in [0.05, 0.1) is 25.4 Å². The molecule has 2 atom stereocenters. The highest BCUT2D eigenvalue weighted by Gasteiger charge is 2.20. The molecule has 6 nitrogen and oxygen atoms in total. The van der Waals surface area contributed by atoms with Gasteiger partial charge in [0.1, 0.15) is 0 Å². The molecule has 0 spiro atoms. The fourth-order valence-corrected chi connectivity index (χ4v) is 7.04. The van der Waals surface area contributed by atoms with E-state index in [1.54, 1.807) is 0 Å². The lowest BCUT2D eigenvalue weighted by molar-refractivity contribution is -0.143. The van der Waals surface area contributed by atoms with Crippen molar-refractivity contribution in [1.29, 1.82) is 0 Å². The predicted octanol–water partition coefficient (Wildman–Crippen LogP) is 13.6. The molecule has 0 saturated heterocycles. The summed E-state index contributed by atoms with van der Waals surface area (Å²) in [7, 11) is 0. The first kappa shape index (κ1) is 52.3. The highest BCUT2D eigenvalue weighted by atomic mass is 16.5. The van der Waals surface area contributed by atoms with E-state index in [9.17, 15) is 19.8 Å². The van der Waals surface area contributed by atoms with Crippen LogP contribution in [-0.2, 0) is 14.3 Å². The summed E-state index contributed by atoms with van der Waals surface area (Å²) in [4.78, 5) is 24.4. The molecular weight excluding hydrogens is 671 g/mol. The van der Waals surface area contributed by atoms with E-state index in [1.165, 1.54) is 141 Å². The van der Waals surface area contributed by atoms with Crippen molar-refractivity contribution in [3.8, 4) is 0 Å². The fourth-order valence-electron chi connectivity index (χ4n) is 7.04. The SMILES string of the molecule is CCCCCC/C=C\CCCCCCCC(=O)OCCCCCCCC/C=C\CCCCCC(=O)NC(CO)C(O)CCCCCCCCCCCCC. The maximum Gasteiger partial charge on any atom is 0.305 e. The zero-order valence-corrected chi connectivity index (χ0v) is 36.0. The van der Waals surface area contributed by atoms with Gasteiger partial charge in [0.2, 0.25) is 5.91 Å². The maximum atomic E-state index is 12.4. The number of carbonyl (C=O) groups is 2. The third-order valence-corrected chi connectivity index (χ3v) is 10.7. The molecule has 3 N–H and O–H groups in total. The molecule has 0 rings (SSSR count). The summed E-state index contributed by atoms with van der Waals surface area (Å²) in [6.07, 6.45) is 49.9. The molecule has 0 radical (unpaired) electrons. The summed E-state index contributed by atoms with van der Waals surface area (Å²) in [5.74, 6) is -0.0899. The number of hydrogen-bond acceptors (Lipinski definition) is 5. The molecule has 0 aliphatic heterocycles. The molecule has 0 aromatic rings. The monoisotopic (exact) mass is 762 g/mol. The van der Waals surface area contributed by atoms with Crippen LogP contribution in [0.3, 0.4) is 0 Å². The minimum absolute atomic E-state index is 0.0226. The molecule has 318 valence electrons. The topological polar surface area (TPSA) is 95.9 Å². The number of rotatable bonds is 43. The summed E-state index contributed by atoms with van der Waals surface area (Å²) in [6.45, 7) is 4.87. The minimum atomic E-state index is -0.679. The van der Waals surface area contributed by atoms with Crippen LogP contribution in [0.5, 0.6) is 0 Å². The summed E-state index contributed by atoms with van der Waals surface area (Å²) in [5, 5.41) is 23.1. The van der Waals surface area contributed by atoms with Crippen molar-refractivity contribution >= 4 is 11.9 Å². The van der Waals surface area contributed by atoms with Crippen LogP contribution < -0.4 is 5.32 Å². The first-order valence-corrected chi connectivity index (χ1v) is 23.6. The number of nitrogens with one attached hydrogen (secondary N) is 1. The Kier molecular flexibility index (Phi) is 42.7. The predicted molar refractivity (Wildman–Crippen MR) is 232 cm³/mol. The van der Waals surface area contributed by atoms with Gasteiger partial charge in [-0.1, -0.05) is 179 Å². The molecule has 0 heterocycles. The van der Waals surface area contributed by atoms with Gasteiger partial charge in [-0.25, -0.2) is 0 Å². The van der Waals surface area contributed by atoms with Gasteiger partial charge in [0.15, 0.2) is 0 Å². The number of esters is 1. The lowest BCUT2D eigenvalue weighted by Gasteiger charge is -2.22. The Morgan fingerprint density at radius 3 is 1.35 bits per heavy atom. The Balaban J connectivity index is 3.51. The molecule has 0 fully saturated rings. The third kappa shape index (κ3) is 40.0. The Labute approximate surface area is 335 Å². The maximum absolute atomic E-state index is 12.4. The van der Waals surface area contributed by atoms with E-state index in [1.807, 2.05) is 0 Å². The Bertz CT molecular complexity index is 843. The number of allylic oxidation sites excluding steroid dienone is 4. The number of hydrogen-bond donors (Lipinski definition) is 3. The van der Waals surface area contributed by atoms with E-state index in [4.69, 9.17) is 4.74 Å². The Hall–Kier alpha value is -1.66. The largest absolute Gasteiger partial charge is 0.466 e. The summed E-state index contributed by atoms with van der Waals surface area (Å²) in [5.41, 5.74) is 0. The van der Waals surface area contributed by atoms with E-state index < -0.39 is 12.1 Å². The molecule has 0 bridgehead atoms. The Morgan fingerprint density at radius 2 is 0.870 bits per heavy atom. The minimum Gasteiger partial charge on any atom is -0.466 e. The number of amides is 1. The van der Waals surface area contributed by atoms with E-state index in [0.29, 0.717) is 25.9 Å². The molecule has 2 unspecified atom stereocenters. The van der Waals surface area contributed by atoms with Crippen molar-refractivity contribution in [2.75, 3.05) is 13.2 Å². The van der Waals surface area contributed by atoms with Gasteiger partial charge in [-0.15, -0.1) is 0 Å². The number of carbonyl (C=O) groups excluding carboxylic acids is 2. The fraction of sp³-hybridized carbons (Fsp3) is 0.875. The van der Waals surface area contributed by atoms with Gasteiger partial charge in [-0.05, 0) is 77.0 Å². The molecular formula is C48H91NO5. The summed E-state index contributed by atoms with van der Waals surface area (Å²) in [6, 6.07) is -0.560. The first-order chi connectivity index (χ1) is 26.5. The van der Waals surface area contributed by atoms with Gasteiger partial charge in [0, 0.05) is 12.8 Å². The first-order valence-electron chi connectivity index (χ1n) is 23.6. The zero-order chi connectivity index (χ0) is 39.4. The third-order valence-electron chi connectivity index (χ3n) is 10.7. The van der Waals surface area contributed by atoms with Gasteiger partial charge in [-0.2, -0.15) is 0 Å². The van der Waals surface area contributed by atoms with Crippen molar-refractivity contribution in [3.05, 3.63) is 24.3 Å². The summed E-state index contributed by atoms with van der Waals surface area (Å²) < 4.78 is 5.43. The van der Waals surface area contributed by atoms with Crippen LogP contribution in [0.2, 0.25) is 0 Å². The number of ether oxygens (including phenoxy) is 1. The standard InChI is InChI=1S/C48H91NO5/c1-3-5-7-9-11-13-15-17-22-26-30-34-38-42-48(53)54-43-39-35-31-27-23-19-16-18-21-25-29-33-37-41-47(52)49-45(44-50)46(51)40-36-32-28-24-20-14-12-10-8-6-4-2/h13,15,18,21,45-46,50-51H,3-12,14,16-17,19-20,22-44H2,1-2H3,(H,49,52)/b15-13-,21-18-. The number of aliphatic hydroxyl groups is 2. The molecule has 0 aliphatic carbocycles. The van der Waals surface area contributed by atoms with Gasteiger partial charge < -0.3 is 20.3 Å². The van der Waals surface area contributed by atoms with Crippen molar-refractivity contribution in [2.45, 2.75) is 257 Å². The highest BCUT2D eigenvalue weighted by molar-refractivity contribution is 5.76. The normalized spacial score (nSPS) is 12.9. The molecule has 6 heteroatoms. The van der Waals surface area contributed by atoms with Crippen LogP contribution in [0.25, 0.3) is 0 Å². The van der Waals surface area contributed by atoms with E-state index in [2.05, 4.69) is 43.5 Å². The molecule has 54 heavy (non-hydrogen) atoms. The van der Waals surface area contributed by atoms with Crippen LogP contribution in [-0.4, -0.2) is 47.4 Å². The average molecular weight is 762 g/mol. The van der Waals surface area contributed by atoms with Gasteiger partial charge in [0.25, 0.3) is 0 Å². The molecule has 0 aliphatic rings. The van der Waals surface area contributed by atoms with Crippen molar-refractivity contribution in [3.63, 3.8) is 0 Å². The van der Waals surface area contributed by atoms with Crippen molar-refractivity contribution in [2.24, 2.45) is 0 Å². The van der Waals surface area contributed by atoms with E-state index >= 15 is 0 Å². The quantitative estimate of drug-likeness (QED) is 0.0327. The molecule has 1 amide bonds. The van der Waals surface area contributed by atoms with Gasteiger partial charge >= 0.3 is 5.97 Å². The average Bonchev–Trinajstić information content (AvgIpc) is 3.17. The van der Waals surface area contributed by atoms with Crippen LogP contribution >= 0.6 is 0 Å². The smallest absolute Gasteiger partial charge is 0.305 e. The van der Waals surface area contributed by atoms with Crippen LogP contribution in [0.1, 0.15) is 245 Å². The molecule has 0 aromatic heterocycles. The second-order valence-electron chi connectivity index (χ2n) is 16.1. The lowest BCUT2D eigenvalue weighted by atomic mass is 10.0.